The fourth-order valence-electron chi connectivity index (χ4n) is 3.59. The van der Waals surface area contributed by atoms with Gasteiger partial charge in [-0.25, -0.2) is 8.42 Å². The molecule has 0 unspecified atom stereocenters. The van der Waals surface area contributed by atoms with E-state index in [9.17, 15) is 13.2 Å². The molecule has 3 aromatic rings. The first-order chi connectivity index (χ1) is 16.8. The van der Waals surface area contributed by atoms with E-state index in [1.165, 1.54) is 23.5 Å². The van der Waals surface area contributed by atoms with Crippen LogP contribution < -0.4 is 23.8 Å². The van der Waals surface area contributed by atoms with Gasteiger partial charge in [0.05, 0.1) is 30.8 Å². The highest BCUT2D eigenvalue weighted by atomic mass is 35.5. The van der Waals surface area contributed by atoms with Gasteiger partial charge in [0.1, 0.15) is 23.9 Å². The van der Waals surface area contributed by atoms with Gasteiger partial charge in [0.15, 0.2) is 6.10 Å². The van der Waals surface area contributed by atoms with E-state index in [0.717, 1.165) is 5.56 Å². The number of hydrogen-bond donors (Lipinski definition) is 1. The molecular weight excluding hydrogens is 492 g/mol. The summed E-state index contributed by atoms with van der Waals surface area (Å²) in [6, 6.07) is 18.2. The van der Waals surface area contributed by atoms with Gasteiger partial charge < -0.3 is 19.5 Å². The molecule has 0 bridgehead atoms. The lowest BCUT2D eigenvalue weighted by molar-refractivity contribution is -0.127. The summed E-state index contributed by atoms with van der Waals surface area (Å²) < 4.78 is 44.9. The van der Waals surface area contributed by atoms with Crippen LogP contribution in [0.2, 0.25) is 5.02 Å². The zero-order valence-corrected chi connectivity index (χ0v) is 20.8. The van der Waals surface area contributed by atoms with Crippen LogP contribution >= 0.6 is 11.6 Å². The molecule has 3 aromatic carbocycles. The molecule has 8 nitrogen and oxygen atoms in total. The van der Waals surface area contributed by atoms with Gasteiger partial charge in [0, 0.05) is 5.02 Å². The molecule has 0 aliphatic carbocycles. The Bertz CT molecular complexity index is 1300. The van der Waals surface area contributed by atoms with Crippen LogP contribution in [0.4, 0.5) is 5.69 Å². The van der Waals surface area contributed by atoms with Crippen molar-refractivity contribution in [1.29, 1.82) is 0 Å². The minimum Gasteiger partial charge on any atom is -0.497 e. The van der Waals surface area contributed by atoms with Crippen LogP contribution in [0, 0.1) is 6.92 Å². The number of ether oxygens (including phenoxy) is 3. The van der Waals surface area contributed by atoms with Gasteiger partial charge in [-0.15, -0.1) is 0 Å². The molecule has 1 aliphatic heterocycles. The molecule has 0 saturated carbocycles. The van der Waals surface area contributed by atoms with E-state index in [4.69, 9.17) is 25.8 Å². The maximum absolute atomic E-state index is 13.5. The molecule has 0 aromatic heterocycles. The van der Waals surface area contributed by atoms with Crippen LogP contribution in [-0.2, 0) is 14.8 Å². The lowest BCUT2D eigenvalue weighted by Crippen LogP contribution is -2.51. The van der Waals surface area contributed by atoms with E-state index in [1.54, 1.807) is 54.6 Å². The number of carbonyl (C=O) groups is 1. The van der Waals surface area contributed by atoms with Crippen molar-refractivity contribution in [2.75, 3.05) is 31.1 Å². The Morgan fingerprint density at radius 3 is 2.46 bits per heavy atom. The Kier molecular flexibility index (Phi) is 7.37. The second-order valence-corrected chi connectivity index (χ2v) is 10.2. The summed E-state index contributed by atoms with van der Waals surface area (Å²) >= 11 is 5.86. The third kappa shape index (κ3) is 5.63. The molecule has 1 atom stereocenters. The maximum atomic E-state index is 13.5. The van der Waals surface area contributed by atoms with Crippen LogP contribution in [0.15, 0.2) is 71.6 Å². The highest BCUT2D eigenvalue weighted by molar-refractivity contribution is 7.92. The Hall–Kier alpha value is -3.43. The van der Waals surface area contributed by atoms with Crippen LogP contribution in [0.3, 0.4) is 0 Å². The van der Waals surface area contributed by atoms with Crippen molar-refractivity contribution >= 4 is 33.2 Å². The zero-order valence-electron chi connectivity index (χ0n) is 19.2. The first-order valence-electron chi connectivity index (χ1n) is 10.9. The number of benzene rings is 3. The third-order valence-electron chi connectivity index (χ3n) is 5.41. The maximum Gasteiger partial charge on any atom is 0.264 e. The second-order valence-electron chi connectivity index (χ2n) is 7.88. The number of anilines is 1. The molecule has 1 N–H and O–H groups in total. The van der Waals surface area contributed by atoms with Crippen molar-refractivity contribution in [3.63, 3.8) is 0 Å². The van der Waals surface area contributed by atoms with Crippen molar-refractivity contribution < 1.29 is 27.4 Å². The van der Waals surface area contributed by atoms with E-state index in [0.29, 0.717) is 28.0 Å². The number of rotatable bonds is 8. The molecule has 1 aliphatic rings. The summed E-state index contributed by atoms with van der Waals surface area (Å²) in [6.45, 7) is 2.13. The summed E-state index contributed by atoms with van der Waals surface area (Å²) in [5.41, 5.74) is 1.25. The Morgan fingerprint density at radius 1 is 1.09 bits per heavy atom. The summed E-state index contributed by atoms with van der Waals surface area (Å²) in [6.07, 6.45) is -1.03. The lowest BCUT2D eigenvalue weighted by atomic mass is 10.1. The van der Waals surface area contributed by atoms with E-state index in [-0.39, 0.29) is 24.6 Å². The number of amides is 1. The first kappa shape index (κ1) is 24.7. The number of halogens is 1. The molecule has 1 amide bonds. The van der Waals surface area contributed by atoms with Crippen molar-refractivity contribution in [2.24, 2.45) is 0 Å². The topological polar surface area (TPSA) is 94.2 Å². The van der Waals surface area contributed by atoms with Crippen molar-refractivity contribution in [1.82, 2.24) is 5.32 Å². The number of carbonyl (C=O) groups excluding carboxylic acids is 1. The number of methoxy groups -OCH3 is 1. The fourth-order valence-corrected chi connectivity index (χ4v) is 5.19. The molecule has 0 spiro atoms. The number of aryl methyl sites for hydroxylation is 1. The van der Waals surface area contributed by atoms with Crippen molar-refractivity contribution in [3.05, 3.63) is 77.3 Å². The number of nitrogens with one attached hydrogen (secondary N) is 1. The fraction of sp³-hybridized carbons (Fsp3) is 0.240. The Morgan fingerprint density at radius 2 is 1.77 bits per heavy atom. The smallest absolute Gasteiger partial charge is 0.264 e. The highest BCUT2D eigenvalue weighted by Crippen LogP contribution is 2.38. The molecule has 35 heavy (non-hydrogen) atoms. The van der Waals surface area contributed by atoms with E-state index >= 15 is 0 Å². The Labute approximate surface area is 209 Å². The van der Waals surface area contributed by atoms with Crippen LogP contribution in [0.5, 0.6) is 17.2 Å². The predicted octanol–water partition coefficient (Wildman–Crippen LogP) is 3.81. The van der Waals surface area contributed by atoms with E-state index in [1.807, 2.05) is 6.92 Å². The van der Waals surface area contributed by atoms with Crippen molar-refractivity contribution in [2.45, 2.75) is 17.9 Å². The average molecular weight is 517 g/mol. The molecule has 10 heteroatoms. The largest absolute Gasteiger partial charge is 0.497 e. The molecular formula is C25H25ClN2O6S. The normalized spacial score (nSPS) is 15.1. The van der Waals surface area contributed by atoms with E-state index < -0.39 is 22.0 Å². The predicted molar refractivity (Wildman–Crippen MR) is 133 cm³/mol. The SMILES string of the molecule is COc1ccc(S(=O)(=O)N2C[C@@H](C(=O)NCCOc3ccc(Cl)cc3)Oc3cc(C)ccc32)cc1. The molecule has 184 valence electrons. The number of hydrogen-bond acceptors (Lipinski definition) is 6. The summed E-state index contributed by atoms with van der Waals surface area (Å²) in [4.78, 5) is 13.0. The quantitative estimate of drug-likeness (QED) is 0.458. The highest BCUT2D eigenvalue weighted by Gasteiger charge is 2.37. The summed E-state index contributed by atoms with van der Waals surface area (Å²) in [7, 11) is -2.45. The van der Waals surface area contributed by atoms with Crippen LogP contribution in [0.1, 0.15) is 5.56 Å². The number of sulfonamides is 1. The van der Waals surface area contributed by atoms with Crippen LogP contribution in [-0.4, -0.2) is 47.2 Å². The van der Waals surface area contributed by atoms with Gasteiger partial charge in [-0.1, -0.05) is 17.7 Å². The number of nitrogens with zero attached hydrogens (tertiary/aromatic N) is 1. The van der Waals surface area contributed by atoms with E-state index in [2.05, 4.69) is 5.32 Å². The molecule has 4 rings (SSSR count). The third-order valence-corrected chi connectivity index (χ3v) is 7.45. The van der Waals surface area contributed by atoms with Gasteiger partial charge in [0.2, 0.25) is 0 Å². The molecule has 1 heterocycles. The lowest BCUT2D eigenvalue weighted by Gasteiger charge is -2.35. The molecule has 0 fully saturated rings. The van der Waals surface area contributed by atoms with Gasteiger partial charge in [-0.05, 0) is 73.2 Å². The zero-order chi connectivity index (χ0) is 25.0. The average Bonchev–Trinajstić information content (AvgIpc) is 2.86. The minimum absolute atomic E-state index is 0.0854. The van der Waals surface area contributed by atoms with Crippen molar-refractivity contribution in [3.8, 4) is 17.2 Å². The summed E-state index contributed by atoms with van der Waals surface area (Å²) in [5, 5.41) is 3.35. The summed E-state index contributed by atoms with van der Waals surface area (Å²) in [5.74, 6) is 1.05. The van der Waals surface area contributed by atoms with Crippen LogP contribution in [0.25, 0.3) is 0 Å². The Balaban J connectivity index is 1.49. The molecule has 0 saturated heterocycles. The van der Waals surface area contributed by atoms with Gasteiger partial charge in [-0.3, -0.25) is 9.10 Å². The molecule has 0 radical (unpaired) electrons. The number of fused-ring (bicyclic) bond motifs is 1. The van der Waals surface area contributed by atoms with Gasteiger partial charge in [-0.2, -0.15) is 0 Å². The van der Waals surface area contributed by atoms with Gasteiger partial charge >= 0.3 is 0 Å². The minimum atomic E-state index is -3.96. The monoisotopic (exact) mass is 516 g/mol. The second kappa shape index (κ2) is 10.5. The standard InChI is InChI=1S/C25H25ClN2O6S/c1-17-3-12-22-23(15-17)34-24(25(29)27-13-14-33-20-6-4-18(26)5-7-20)16-28(22)35(30,31)21-10-8-19(32-2)9-11-21/h3-12,15,24H,13-14,16H2,1-2H3,(H,27,29)/t24-/m0/s1. The first-order valence-corrected chi connectivity index (χ1v) is 12.7. The van der Waals surface area contributed by atoms with Gasteiger partial charge in [0.25, 0.3) is 15.9 Å².